The molecule has 0 fully saturated rings. The summed E-state index contributed by atoms with van der Waals surface area (Å²) in [6, 6.07) is 7.43. The molecule has 0 saturated heterocycles. The summed E-state index contributed by atoms with van der Waals surface area (Å²) in [5.41, 5.74) is 0.707. The van der Waals surface area contributed by atoms with Crippen LogP contribution in [0.1, 0.15) is 0 Å². The maximum absolute atomic E-state index is 13.8. The van der Waals surface area contributed by atoms with E-state index in [9.17, 15) is 4.39 Å². The van der Waals surface area contributed by atoms with E-state index in [2.05, 4.69) is 15.3 Å². The highest BCUT2D eigenvalue weighted by Crippen LogP contribution is 2.24. The summed E-state index contributed by atoms with van der Waals surface area (Å²) in [7, 11) is 0. The van der Waals surface area contributed by atoms with Crippen molar-refractivity contribution in [3.8, 4) is 11.4 Å². The molecule has 0 radical (unpaired) electrons. The van der Waals surface area contributed by atoms with E-state index in [1.807, 2.05) is 0 Å². The van der Waals surface area contributed by atoms with Crippen molar-refractivity contribution in [1.82, 2.24) is 19.8 Å². The van der Waals surface area contributed by atoms with Gasteiger partial charge in [-0.05, 0) is 30.3 Å². The summed E-state index contributed by atoms with van der Waals surface area (Å²) in [5, 5.41) is 12.5. The zero-order chi connectivity index (χ0) is 12.7. The van der Waals surface area contributed by atoms with Crippen LogP contribution in [0.5, 0.6) is 0 Å². The zero-order valence-corrected chi connectivity index (χ0v) is 10.3. The fraction of sp³-hybridized carbons (Fsp3) is 0. The smallest absolute Gasteiger partial charge is 0.188 e. The summed E-state index contributed by atoms with van der Waals surface area (Å²) < 4.78 is 15.1. The first kappa shape index (κ1) is 11.4. The highest BCUT2D eigenvalue weighted by molar-refractivity contribution is 6.30. The van der Waals surface area contributed by atoms with Gasteiger partial charge in [-0.3, -0.25) is 0 Å². The van der Waals surface area contributed by atoms with Crippen molar-refractivity contribution in [3.63, 3.8) is 0 Å². The van der Waals surface area contributed by atoms with Gasteiger partial charge in [-0.15, -0.1) is 10.2 Å². The monoisotopic (exact) mass is 282 g/mol. The molecule has 0 spiro atoms. The largest absolute Gasteiger partial charge is 0.206 e. The lowest BCUT2D eigenvalue weighted by molar-refractivity contribution is 0.629. The average Bonchev–Trinajstić information content (AvgIpc) is 2.75. The molecule has 90 valence electrons. The number of rotatable bonds is 1. The molecule has 0 aliphatic rings. The lowest BCUT2D eigenvalue weighted by atomic mass is 10.2. The second-order valence-corrected chi connectivity index (χ2v) is 4.40. The molecular weight excluding hydrogens is 278 g/mol. The molecule has 0 aliphatic carbocycles. The van der Waals surface area contributed by atoms with E-state index in [0.29, 0.717) is 10.7 Å². The Bertz CT molecular complexity index is 741. The van der Waals surface area contributed by atoms with E-state index in [0.717, 1.165) is 0 Å². The van der Waals surface area contributed by atoms with Crippen LogP contribution in [-0.2, 0) is 0 Å². The Balaban J connectivity index is 2.31. The van der Waals surface area contributed by atoms with Gasteiger partial charge < -0.3 is 0 Å². The van der Waals surface area contributed by atoms with E-state index in [4.69, 9.17) is 23.2 Å². The van der Waals surface area contributed by atoms with Gasteiger partial charge in [-0.25, -0.2) is 4.39 Å². The number of halogens is 3. The van der Waals surface area contributed by atoms with E-state index in [-0.39, 0.29) is 16.5 Å². The fourth-order valence-electron chi connectivity index (χ4n) is 1.60. The van der Waals surface area contributed by atoms with E-state index >= 15 is 0 Å². The molecule has 0 atom stereocenters. The number of fused-ring (bicyclic) bond motifs is 1. The first-order valence-corrected chi connectivity index (χ1v) is 5.74. The summed E-state index contributed by atoms with van der Waals surface area (Å²) in [4.78, 5) is 0. The maximum atomic E-state index is 13.8. The first-order valence-electron chi connectivity index (χ1n) is 4.98. The van der Waals surface area contributed by atoms with Crippen molar-refractivity contribution in [3.05, 3.63) is 46.3 Å². The van der Waals surface area contributed by atoms with Crippen LogP contribution in [0.4, 0.5) is 4.39 Å². The van der Waals surface area contributed by atoms with Gasteiger partial charge in [-0.1, -0.05) is 23.2 Å². The van der Waals surface area contributed by atoms with Crippen LogP contribution < -0.4 is 0 Å². The van der Waals surface area contributed by atoms with Crippen molar-refractivity contribution >= 4 is 28.8 Å². The third-order valence-corrected chi connectivity index (χ3v) is 2.84. The summed E-state index contributed by atoms with van der Waals surface area (Å²) in [6.45, 7) is 0. The topological polar surface area (TPSA) is 43.1 Å². The third kappa shape index (κ3) is 1.81. The van der Waals surface area contributed by atoms with E-state index < -0.39 is 5.82 Å². The Morgan fingerprint density at radius 2 is 1.89 bits per heavy atom. The number of nitrogens with zero attached hydrogens (tertiary/aromatic N) is 4. The number of hydrogen-bond donors (Lipinski definition) is 0. The fourth-order valence-corrected chi connectivity index (χ4v) is 1.91. The minimum absolute atomic E-state index is 0.227. The Kier molecular flexibility index (Phi) is 2.65. The molecule has 0 aliphatic heterocycles. The van der Waals surface area contributed by atoms with Gasteiger partial charge in [0.1, 0.15) is 11.0 Å². The molecule has 0 amide bonds. The number of hydrogen-bond acceptors (Lipinski definition) is 3. The number of aromatic nitrogens is 4. The molecular formula is C11H5Cl2FN4. The lowest BCUT2D eigenvalue weighted by Gasteiger charge is -2.01. The standard InChI is InChI=1S/C11H5Cl2FN4/c12-6-1-2-8(14)7(5-6)11-16-15-10-4-3-9(13)17-18(10)11/h1-5H. The normalized spacial score (nSPS) is 11.1. The number of benzene rings is 1. The van der Waals surface area contributed by atoms with Crippen LogP contribution in [-0.4, -0.2) is 19.8 Å². The Labute approximate surface area is 111 Å². The van der Waals surface area contributed by atoms with E-state index in [1.54, 1.807) is 12.1 Å². The molecule has 1 aromatic carbocycles. The van der Waals surface area contributed by atoms with Gasteiger partial charge in [-0.2, -0.15) is 9.61 Å². The van der Waals surface area contributed by atoms with Crippen LogP contribution in [0.3, 0.4) is 0 Å². The van der Waals surface area contributed by atoms with E-state index in [1.165, 1.54) is 22.7 Å². The predicted octanol–water partition coefficient (Wildman–Crippen LogP) is 3.24. The third-order valence-electron chi connectivity index (χ3n) is 2.40. The van der Waals surface area contributed by atoms with Gasteiger partial charge >= 0.3 is 0 Å². The lowest BCUT2D eigenvalue weighted by Crippen LogP contribution is -1.96. The Morgan fingerprint density at radius 1 is 1.06 bits per heavy atom. The van der Waals surface area contributed by atoms with Crippen molar-refractivity contribution in [1.29, 1.82) is 0 Å². The quantitative estimate of drug-likeness (QED) is 0.688. The van der Waals surface area contributed by atoms with Crippen LogP contribution in [0.25, 0.3) is 17.0 Å². The maximum Gasteiger partial charge on any atom is 0.188 e. The summed E-state index contributed by atoms with van der Waals surface area (Å²) >= 11 is 11.6. The predicted molar refractivity (Wildman–Crippen MR) is 66.2 cm³/mol. The second-order valence-electron chi connectivity index (χ2n) is 3.57. The molecule has 2 aromatic heterocycles. The van der Waals surface area contributed by atoms with Gasteiger partial charge in [0.05, 0.1) is 5.56 Å². The highest BCUT2D eigenvalue weighted by atomic mass is 35.5. The van der Waals surface area contributed by atoms with Gasteiger partial charge in [0.25, 0.3) is 0 Å². The SMILES string of the molecule is Fc1ccc(Cl)cc1-c1nnc2ccc(Cl)nn12. The summed E-state index contributed by atoms with van der Waals surface area (Å²) in [5.74, 6) is -0.192. The molecule has 3 rings (SSSR count). The molecule has 0 N–H and O–H groups in total. The van der Waals surface area contributed by atoms with Gasteiger partial charge in [0, 0.05) is 5.02 Å². The molecule has 18 heavy (non-hydrogen) atoms. The van der Waals surface area contributed by atoms with Crippen LogP contribution >= 0.6 is 23.2 Å². The molecule has 0 saturated carbocycles. The Morgan fingerprint density at radius 3 is 2.72 bits per heavy atom. The van der Waals surface area contributed by atoms with Crippen LogP contribution in [0, 0.1) is 5.82 Å². The highest BCUT2D eigenvalue weighted by Gasteiger charge is 2.14. The molecule has 2 heterocycles. The minimum atomic E-state index is -0.449. The molecule has 3 aromatic rings. The van der Waals surface area contributed by atoms with Crippen molar-refractivity contribution < 1.29 is 4.39 Å². The van der Waals surface area contributed by atoms with Gasteiger partial charge in [0.15, 0.2) is 11.5 Å². The molecule has 0 bridgehead atoms. The van der Waals surface area contributed by atoms with Crippen LogP contribution in [0.15, 0.2) is 30.3 Å². The van der Waals surface area contributed by atoms with Crippen molar-refractivity contribution in [2.45, 2.75) is 0 Å². The molecule has 0 unspecified atom stereocenters. The first-order chi connectivity index (χ1) is 8.65. The average molecular weight is 283 g/mol. The van der Waals surface area contributed by atoms with Crippen molar-refractivity contribution in [2.24, 2.45) is 0 Å². The molecule has 7 heteroatoms. The van der Waals surface area contributed by atoms with Crippen molar-refractivity contribution in [2.75, 3.05) is 0 Å². The van der Waals surface area contributed by atoms with Crippen LogP contribution in [0.2, 0.25) is 10.2 Å². The summed E-state index contributed by atoms with van der Waals surface area (Å²) in [6.07, 6.45) is 0. The second kappa shape index (κ2) is 4.19. The Hall–Kier alpha value is -1.72. The zero-order valence-electron chi connectivity index (χ0n) is 8.81. The van der Waals surface area contributed by atoms with Gasteiger partial charge in [0.2, 0.25) is 0 Å². The minimum Gasteiger partial charge on any atom is -0.206 e. The molecule has 4 nitrogen and oxygen atoms in total.